The molecule has 0 saturated heterocycles. The van der Waals surface area contributed by atoms with Crippen molar-refractivity contribution < 1.29 is 19.1 Å². The summed E-state index contributed by atoms with van der Waals surface area (Å²) in [6.07, 6.45) is 0. The maximum absolute atomic E-state index is 13.4. The van der Waals surface area contributed by atoms with Gasteiger partial charge in [-0.1, -0.05) is 11.6 Å². The molecule has 4 nitrogen and oxygen atoms in total. The highest BCUT2D eigenvalue weighted by molar-refractivity contribution is 8.02. The topological polar surface area (TPSA) is 66.4 Å². The average Bonchev–Trinajstić information content (AvgIpc) is 2.30. The van der Waals surface area contributed by atoms with Crippen molar-refractivity contribution in [3.63, 3.8) is 0 Å². The SMILES string of the molecule is CC(C)(SCC(=O)Nc1ccc(Cl)cc1F)C(=O)O. The van der Waals surface area contributed by atoms with Crippen LogP contribution in [0.15, 0.2) is 18.2 Å². The number of halogens is 2. The normalized spacial score (nSPS) is 11.2. The summed E-state index contributed by atoms with van der Waals surface area (Å²) in [7, 11) is 0. The van der Waals surface area contributed by atoms with Crippen LogP contribution in [-0.2, 0) is 9.59 Å². The van der Waals surface area contributed by atoms with E-state index in [0.29, 0.717) is 0 Å². The molecule has 7 heteroatoms. The van der Waals surface area contributed by atoms with Gasteiger partial charge in [-0.15, -0.1) is 11.8 Å². The van der Waals surface area contributed by atoms with Crippen molar-refractivity contribution >= 4 is 40.9 Å². The molecule has 0 spiro atoms. The van der Waals surface area contributed by atoms with Crippen LogP contribution in [-0.4, -0.2) is 27.5 Å². The van der Waals surface area contributed by atoms with E-state index in [1.54, 1.807) is 0 Å². The van der Waals surface area contributed by atoms with E-state index in [4.69, 9.17) is 16.7 Å². The molecule has 0 heterocycles. The van der Waals surface area contributed by atoms with E-state index in [-0.39, 0.29) is 16.5 Å². The van der Waals surface area contributed by atoms with Crippen molar-refractivity contribution in [2.45, 2.75) is 18.6 Å². The molecule has 0 aliphatic rings. The molecule has 19 heavy (non-hydrogen) atoms. The minimum atomic E-state index is -1.07. The minimum Gasteiger partial charge on any atom is -0.480 e. The van der Waals surface area contributed by atoms with Crippen molar-refractivity contribution in [2.75, 3.05) is 11.1 Å². The third kappa shape index (κ3) is 4.72. The summed E-state index contributed by atoms with van der Waals surface area (Å²) in [6.45, 7) is 2.99. The molecule has 0 fully saturated rings. The molecular weight excluding hydrogens is 293 g/mol. The molecule has 0 aromatic heterocycles. The Balaban J connectivity index is 2.59. The molecule has 0 aliphatic carbocycles. The molecule has 104 valence electrons. The van der Waals surface area contributed by atoms with Gasteiger partial charge in [-0.05, 0) is 32.0 Å². The second kappa shape index (κ2) is 6.25. The third-order valence-corrected chi connectivity index (χ3v) is 3.82. The van der Waals surface area contributed by atoms with Crippen LogP contribution < -0.4 is 5.32 Å². The smallest absolute Gasteiger partial charge is 0.319 e. The molecule has 1 aromatic carbocycles. The van der Waals surface area contributed by atoms with Gasteiger partial charge in [0.25, 0.3) is 0 Å². The Bertz CT molecular complexity index is 508. The molecule has 0 radical (unpaired) electrons. The summed E-state index contributed by atoms with van der Waals surface area (Å²) in [5, 5.41) is 11.5. The highest BCUT2D eigenvalue weighted by Gasteiger charge is 2.28. The summed E-state index contributed by atoms with van der Waals surface area (Å²) < 4.78 is 12.3. The Morgan fingerprint density at radius 3 is 2.63 bits per heavy atom. The van der Waals surface area contributed by atoms with E-state index in [1.807, 2.05) is 0 Å². The number of benzene rings is 1. The zero-order valence-corrected chi connectivity index (χ0v) is 11.9. The number of carboxylic acids is 1. The van der Waals surface area contributed by atoms with E-state index in [1.165, 1.54) is 26.0 Å². The van der Waals surface area contributed by atoms with Crippen LogP contribution in [0.25, 0.3) is 0 Å². The summed E-state index contributed by atoms with van der Waals surface area (Å²) in [4.78, 5) is 22.5. The third-order valence-electron chi connectivity index (χ3n) is 2.28. The van der Waals surface area contributed by atoms with Crippen LogP contribution in [0.1, 0.15) is 13.8 Å². The number of carbonyl (C=O) groups excluding carboxylic acids is 1. The molecule has 1 aromatic rings. The fourth-order valence-electron chi connectivity index (χ4n) is 1.08. The maximum atomic E-state index is 13.4. The first kappa shape index (κ1) is 15.8. The fraction of sp³-hybridized carbons (Fsp3) is 0.333. The Kier molecular flexibility index (Phi) is 5.20. The van der Waals surface area contributed by atoms with Gasteiger partial charge in [0.15, 0.2) is 0 Å². The zero-order chi connectivity index (χ0) is 14.6. The Hall–Kier alpha value is -1.27. The largest absolute Gasteiger partial charge is 0.480 e. The highest BCUT2D eigenvalue weighted by Crippen LogP contribution is 2.25. The van der Waals surface area contributed by atoms with Crippen molar-refractivity contribution in [1.82, 2.24) is 0 Å². The van der Waals surface area contributed by atoms with Crippen LogP contribution in [0.5, 0.6) is 0 Å². The first-order valence-electron chi connectivity index (χ1n) is 5.34. The van der Waals surface area contributed by atoms with E-state index in [0.717, 1.165) is 17.8 Å². The van der Waals surface area contributed by atoms with Gasteiger partial charge < -0.3 is 10.4 Å². The van der Waals surface area contributed by atoms with E-state index < -0.39 is 22.4 Å². The molecule has 0 bridgehead atoms. The second-order valence-electron chi connectivity index (χ2n) is 4.28. The first-order valence-corrected chi connectivity index (χ1v) is 6.71. The van der Waals surface area contributed by atoms with Crippen LogP contribution in [0.2, 0.25) is 5.02 Å². The van der Waals surface area contributed by atoms with Gasteiger partial charge in [0.1, 0.15) is 10.6 Å². The quantitative estimate of drug-likeness (QED) is 0.877. The first-order chi connectivity index (χ1) is 8.72. The summed E-state index contributed by atoms with van der Waals surface area (Å²) in [6, 6.07) is 3.89. The van der Waals surface area contributed by atoms with E-state index in [2.05, 4.69) is 5.32 Å². The zero-order valence-electron chi connectivity index (χ0n) is 10.4. The number of rotatable bonds is 5. The lowest BCUT2D eigenvalue weighted by Gasteiger charge is -2.17. The second-order valence-corrected chi connectivity index (χ2v) is 6.31. The van der Waals surface area contributed by atoms with Crippen molar-refractivity contribution in [2.24, 2.45) is 0 Å². The number of anilines is 1. The lowest BCUT2D eigenvalue weighted by molar-refractivity contribution is -0.138. The van der Waals surface area contributed by atoms with Gasteiger partial charge in [-0.25, -0.2) is 4.39 Å². The number of carbonyl (C=O) groups is 2. The molecule has 0 unspecified atom stereocenters. The minimum absolute atomic E-state index is 0.0168. The average molecular weight is 306 g/mol. The summed E-state index contributed by atoms with van der Waals surface area (Å²) in [5.74, 6) is -2.20. The Morgan fingerprint density at radius 2 is 2.11 bits per heavy atom. The van der Waals surface area contributed by atoms with Gasteiger partial charge in [-0.2, -0.15) is 0 Å². The molecule has 0 aliphatic heterocycles. The summed E-state index contributed by atoms with van der Waals surface area (Å²) >= 11 is 6.55. The van der Waals surface area contributed by atoms with Gasteiger partial charge in [0.05, 0.1) is 11.4 Å². The van der Waals surface area contributed by atoms with Crippen molar-refractivity contribution in [3.8, 4) is 0 Å². The fourth-order valence-corrected chi connectivity index (χ4v) is 1.93. The molecule has 0 atom stereocenters. The standard InChI is InChI=1S/C12H13ClFNO3S/c1-12(2,11(17)18)19-6-10(16)15-9-4-3-7(13)5-8(9)14/h3-5H,6H2,1-2H3,(H,15,16)(H,17,18). The molecule has 1 rings (SSSR count). The van der Waals surface area contributed by atoms with Gasteiger partial charge in [-0.3, -0.25) is 9.59 Å². The number of carboxylic acid groups (broad SMARTS) is 1. The molecule has 1 amide bonds. The number of hydrogen-bond acceptors (Lipinski definition) is 3. The van der Waals surface area contributed by atoms with Crippen LogP contribution in [0.4, 0.5) is 10.1 Å². The Labute approximate surface area is 119 Å². The van der Waals surface area contributed by atoms with Crippen molar-refractivity contribution in [1.29, 1.82) is 0 Å². The van der Waals surface area contributed by atoms with Crippen LogP contribution >= 0.6 is 23.4 Å². The van der Waals surface area contributed by atoms with Gasteiger partial charge in [0, 0.05) is 5.02 Å². The van der Waals surface area contributed by atoms with Gasteiger partial charge >= 0.3 is 5.97 Å². The predicted octanol–water partition coefficient (Wildman–Crippen LogP) is 3.01. The van der Waals surface area contributed by atoms with Gasteiger partial charge in [0.2, 0.25) is 5.91 Å². The molecule has 2 N–H and O–H groups in total. The van der Waals surface area contributed by atoms with E-state index >= 15 is 0 Å². The number of aliphatic carboxylic acids is 1. The number of thioether (sulfide) groups is 1. The van der Waals surface area contributed by atoms with Crippen LogP contribution in [0, 0.1) is 5.82 Å². The van der Waals surface area contributed by atoms with Crippen LogP contribution in [0.3, 0.4) is 0 Å². The summed E-state index contributed by atoms with van der Waals surface area (Å²) in [5.41, 5.74) is 0.0168. The molecular formula is C12H13ClFNO3S. The maximum Gasteiger partial charge on any atom is 0.319 e. The molecule has 0 saturated carbocycles. The number of amides is 1. The monoisotopic (exact) mass is 305 g/mol. The lowest BCUT2D eigenvalue weighted by Crippen LogP contribution is -2.29. The highest BCUT2D eigenvalue weighted by atomic mass is 35.5. The Morgan fingerprint density at radius 1 is 1.47 bits per heavy atom. The predicted molar refractivity (Wildman–Crippen MR) is 74.2 cm³/mol. The van der Waals surface area contributed by atoms with E-state index in [9.17, 15) is 14.0 Å². The number of hydrogen-bond donors (Lipinski definition) is 2. The number of nitrogens with one attached hydrogen (secondary N) is 1. The van der Waals surface area contributed by atoms with Crippen molar-refractivity contribution in [3.05, 3.63) is 29.0 Å². The lowest BCUT2D eigenvalue weighted by atomic mass is 10.2.